The van der Waals surface area contributed by atoms with E-state index in [-0.39, 0.29) is 25.4 Å². The van der Waals surface area contributed by atoms with Gasteiger partial charge in [-0.15, -0.1) is 0 Å². The molecular formula is C14H17N3O3. The van der Waals surface area contributed by atoms with Crippen molar-refractivity contribution in [2.24, 2.45) is 15.6 Å². The molecule has 0 aliphatic carbocycles. The van der Waals surface area contributed by atoms with Crippen LogP contribution in [0.4, 0.5) is 5.69 Å². The number of rotatable bonds is 4. The summed E-state index contributed by atoms with van der Waals surface area (Å²) in [6, 6.07) is 9.27. The second-order valence-electron chi connectivity index (χ2n) is 4.84. The van der Waals surface area contributed by atoms with Crippen molar-refractivity contribution < 1.29 is 14.3 Å². The van der Waals surface area contributed by atoms with E-state index in [4.69, 9.17) is 4.74 Å². The van der Waals surface area contributed by atoms with Crippen molar-refractivity contribution in [1.82, 2.24) is 0 Å². The van der Waals surface area contributed by atoms with E-state index in [1.807, 2.05) is 30.3 Å². The molecule has 0 unspecified atom stereocenters. The van der Waals surface area contributed by atoms with E-state index in [1.165, 1.54) is 12.0 Å². The molecule has 1 aliphatic rings. The largest absolute Gasteiger partial charge is 0.468 e. The van der Waals surface area contributed by atoms with E-state index in [0.29, 0.717) is 0 Å². The van der Waals surface area contributed by atoms with Crippen molar-refractivity contribution in [3.63, 3.8) is 0 Å². The molecule has 1 amide bonds. The van der Waals surface area contributed by atoms with Gasteiger partial charge in [0.15, 0.2) is 0 Å². The van der Waals surface area contributed by atoms with Crippen LogP contribution in [0.5, 0.6) is 0 Å². The Kier molecular flexibility index (Phi) is 4.12. The van der Waals surface area contributed by atoms with Crippen LogP contribution in [0.25, 0.3) is 0 Å². The number of esters is 1. The molecule has 0 aromatic heterocycles. The number of methoxy groups -OCH3 is 1. The number of hydrogen-bond acceptors (Lipinski definition) is 5. The second-order valence-corrected chi connectivity index (χ2v) is 4.84. The molecule has 6 heteroatoms. The zero-order valence-corrected chi connectivity index (χ0v) is 11.6. The van der Waals surface area contributed by atoms with Crippen molar-refractivity contribution in [1.29, 1.82) is 0 Å². The maximum Gasteiger partial charge on any atom is 0.316 e. The molecule has 0 bridgehead atoms. The molecule has 0 radical (unpaired) electrons. The Bertz CT molecular complexity index is 520. The standard InChI is InChI=1S/C14H17N3O3/c1-17(11-6-4-3-5-7-11)12(18)8-14(13(19)20-2)9-15-16-10-14/h3-7H,8-10H2,1-2H3. The van der Waals surface area contributed by atoms with Gasteiger partial charge in [0, 0.05) is 19.2 Å². The molecule has 0 saturated carbocycles. The van der Waals surface area contributed by atoms with Crippen molar-refractivity contribution in [2.45, 2.75) is 6.42 Å². The molecule has 2 rings (SSSR count). The highest BCUT2D eigenvalue weighted by Gasteiger charge is 2.45. The van der Waals surface area contributed by atoms with Crippen LogP contribution in [0, 0.1) is 5.41 Å². The van der Waals surface area contributed by atoms with Gasteiger partial charge in [-0.1, -0.05) is 18.2 Å². The highest BCUT2D eigenvalue weighted by atomic mass is 16.5. The molecule has 1 aliphatic heterocycles. The Morgan fingerprint density at radius 1 is 1.25 bits per heavy atom. The molecular weight excluding hydrogens is 258 g/mol. The van der Waals surface area contributed by atoms with Gasteiger partial charge in [0.1, 0.15) is 5.41 Å². The van der Waals surface area contributed by atoms with Gasteiger partial charge in [0.2, 0.25) is 5.91 Å². The Morgan fingerprint density at radius 2 is 1.85 bits per heavy atom. The lowest BCUT2D eigenvalue weighted by Crippen LogP contribution is -2.41. The Morgan fingerprint density at radius 3 is 2.40 bits per heavy atom. The van der Waals surface area contributed by atoms with E-state index in [2.05, 4.69) is 10.2 Å². The zero-order valence-electron chi connectivity index (χ0n) is 11.6. The van der Waals surface area contributed by atoms with E-state index in [0.717, 1.165) is 5.69 Å². The van der Waals surface area contributed by atoms with E-state index in [1.54, 1.807) is 7.05 Å². The molecule has 6 nitrogen and oxygen atoms in total. The summed E-state index contributed by atoms with van der Waals surface area (Å²) in [5.74, 6) is -0.591. The number of carbonyl (C=O) groups is 2. The lowest BCUT2D eigenvalue weighted by atomic mass is 9.84. The molecule has 0 saturated heterocycles. The summed E-state index contributed by atoms with van der Waals surface area (Å²) < 4.78 is 4.79. The first-order valence-corrected chi connectivity index (χ1v) is 6.32. The lowest BCUT2D eigenvalue weighted by Gasteiger charge is -2.25. The SMILES string of the molecule is COC(=O)C1(CC(=O)N(C)c2ccccc2)CN=NC1. The predicted molar refractivity (Wildman–Crippen MR) is 73.5 cm³/mol. The van der Waals surface area contributed by atoms with Gasteiger partial charge >= 0.3 is 5.97 Å². The summed E-state index contributed by atoms with van der Waals surface area (Å²) in [5, 5.41) is 7.69. The summed E-state index contributed by atoms with van der Waals surface area (Å²) in [4.78, 5) is 25.8. The number of nitrogens with zero attached hydrogens (tertiary/aromatic N) is 3. The van der Waals surface area contributed by atoms with Crippen LogP contribution in [-0.2, 0) is 14.3 Å². The van der Waals surface area contributed by atoms with Crippen LogP contribution in [0.1, 0.15) is 6.42 Å². The van der Waals surface area contributed by atoms with Crippen molar-refractivity contribution >= 4 is 17.6 Å². The predicted octanol–water partition coefficient (Wildman–Crippen LogP) is 1.66. The minimum absolute atomic E-state index is 0.0397. The first-order chi connectivity index (χ1) is 9.59. The molecule has 1 heterocycles. The van der Waals surface area contributed by atoms with E-state index < -0.39 is 11.4 Å². The first-order valence-electron chi connectivity index (χ1n) is 6.32. The summed E-state index contributed by atoms with van der Waals surface area (Å²) in [5.41, 5.74) is -0.168. The third-order valence-electron chi connectivity index (χ3n) is 3.47. The normalized spacial score (nSPS) is 15.9. The highest BCUT2D eigenvalue weighted by Crippen LogP contribution is 2.31. The Labute approximate surface area is 117 Å². The third-order valence-corrected chi connectivity index (χ3v) is 3.47. The number of para-hydroxylation sites is 1. The number of azo groups is 1. The number of ether oxygens (including phenoxy) is 1. The Hall–Kier alpha value is -2.24. The number of hydrogen-bond donors (Lipinski definition) is 0. The fraction of sp³-hybridized carbons (Fsp3) is 0.429. The number of amides is 1. The van der Waals surface area contributed by atoms with Crippen LogP contribution < -0.4 is 4.90 Å². The van der Waals surface area contributed by atoms with E-state index in [9.17, 15) is 9.59 Å². The van der Waals surface area contributed by atoms with Crippen molar-refractivity contribution in [2.75, 3.05) is 32.1 Å². The maximum absolute atomic E-state index is 12.4. The van der Waals surface area contributed by atoms with Crippen LogP contribution >= 0.6 is 0 Å². The molecule has 0 fully saturated rings. The minimum atomic E-state index is -0.950. The topological polar surface area (TPSA) is 71.3 Å². The number of benzene rings is 1. The molecule has 1 aromatic rings. The summed E-state index contributed by atoms with van der Waals surface area (Å²) in [7, 11) is 3.00. The van der Waals surface area contributed by atoms with Crippen molar-refractivity contribution in [3.8, 4) is 0 Å². The third kappa shape index (κ3) is 2.68. The van der Waals surface area contributed by atoms with Gasteiger partial charge < -0.3 is 9.64 Å². The molecule has 1 aromatic carbocycles. The van der Waals surface area contributed by atoms with Crippen molar-refractivity contribution in [3.05, 3.63) is 30.3 Å². The number of anilines is 1. The smallest absolute Gasteiger partial charge is 0.316 e. The second kappa shape index (κ2) is 5.81. The van der Waals surface area contributed by atoms with Gasteiger partial charge in [-0.25, -0.2) is 0 Å². The van der Waals surface area contributed by atoms with E-state index >= 15 is 0 Å². The summed E-state index contributed by atoms with van der Waals surface area (Å²) in [6.45, 7) is 0.405. The van der Waals surface area contributed by atoms with Crippen LogP contribution in [0.3, 0.4) is 0 Å². The van der Waals surface area contributed by atoms with Crippen LogP contribution in [0.2, 0.25) is 0 Å². The van der Waals surface area contributed by atoms with Gasteiger partial charge in [-0.3, -0.25) is 9.59 Å². The van der Waals surface area contributed by atoms with Gasteiger partial charge in [0.25, 0.3) is 0 Å². The monoisotopic (exact) mass is 275 g/mol. The average Bonchev–Trinajstić information content (AvgIpc) is 2.96. The van der Waals surface area contributed by atoms with Gasteiger partial charge in [-0.05, 0) is 12.1 Å². The Balaban J connectivity index is 2.12. The van der Waals surface area contributed by atoms with Gasteiger partial charge in [-0.2, -0.15) is 10.2 Å². The minimum Gasteiger partial charge on any atom is -0.468 e. The zero-order chi connectivity index (χ0) is 14.6. The fourth-order valence-electron chi connectivity index (χ4n) is 2.15. The quantitative estimate of drug-likeness (QED) is 0.785. The molecule has 0 atom stereocenters. The lowest BCUT2D eigenvalue weighted by molar-refractivity contribution is -0.153. The number of carbonyl (C=O) groups excluding carboxylic acids is 2. The highest BCUT2D eigenvalue weighted by molar-refractivity contribution is 5.96. The van der Waals surface area contributed by atoms with Crippen LogP contribution in [-0.4, -0.2) is 39.1 Å². The fourth-order valence-corrected chi connectivity index (χ4v) is 2.15. The summed E-state index contributed by atoms with van der Waals surface area (Å²) in [6.07, 6.45) is 0.0397. The molecule has 106 valence electrons. The maximum atomic E-state index is 12.4. The summed E-state index contributed by atoms with van der Waals surface area (Å²) >= 11 is 0. The molecule has 0 N–H and O–H groups in total. The first kappa shape index (κ1) is 14.2. The molecule has 20 heavy (non-hydrogen) atoms. The average molecular weight is 275 g/mol. The molecule has 0 spiro atoms. The van der Waals surface area contributed by atoms with Crippen LogP contribution in [0.15, 0.2) is 40.6 Å². The van der Waals surface area contributed by atoms with Gasteiger partial charge in [0.05, 0.1) is 20.2 Å².